The van der Waals surface area contributed by atoms with Crippen LogP contribution < -0.4 is 0 Å². The second kappa shape index (κ2) is 8.00. The van der Waals surface area contributed by atoms with E-state index in [1.165, 1.54) is 12.0 Å². The largest absolute Gasteiger partial charge is 0.508 e. The van der Waals surface area contributed by atoms with Gasteiger partial charge >= 0.3 is 0 Å². The fraction of sp³-hybridized carbons (Fsp3) is 0.500. The number of amides is 1. The number of phenols is 1. The highest BCUT2D eigenvalue weighted by molar-refractivity contribution is 7.09. The van der Waals surface area contributed by atoms with Crippen LogP contribution in [-0.2, 0) is 6.42 Å². The molecule has 1 atom stereocenters. The van der Waals surface area contributed by atoms with Crippen molar-refractivity contribution < 1.29 is 9.90 Å². The van der Waals surface area contributed by atoms with Crippen molar-refractivity contribution in [2.45, 2.75) is 57.9 Å². The quantitative estimate of drug-likeness (QED) is 0.850. The van der Waals surface area contributed by atoms with Crippen LogP contribution in [0.25, 0.3) is 0 Å². The normalized spacial score (nSPS) is 17.9. The topological polar surface area (TPSA) is 53.4 Å². The minimum Gasteiger partial charge on any atom is -0.508 e. The lowest BCUT2D eigenvalue weighted by Crippen LogP contribution is -2.44. The lowest BCUT2D eigenvalue weighted by molar-refractivity contribution is 0.0596. The maximum Gasteiger partial charge on any atom is 0.273 e. The summed E-state index contributed by atoms with van der Waals surface area (Å²) in [6, 6.07) is 7.64. The van der Waals surface area contributed by atoms with Crippen molar-refractivity contribution in [3.8, 4) is 5.75 Å². The van der Waals surface area contributed by atoms with Gasteiger partial charge in [0.05, 0.1) is 5.01 Å². The van der Waals surface area contributed by atoms with Gasteiger partial charge in [-0.05, 0) is 49.8 Å². The van der Waals surface area contributed by atoms with Crippen LogP contribution in [0.15, 0.2) is 29.6 Å². The molecule has 0 unspecified atom stereocenters. The first kappa shape index (κ1) is 17.9. The number of phenolic OH excluding ortho intramolecular Hbond substituents is 1. The van der Waals surface area contributed by atoms with Crippen LogP contribution in [0.5, 0.6) is 5.75 Å². The second-order valence-corrected chi connectivity index (χ2v) is 7.97. The highest BCUT2D eigenvalue weighted by Gasteiger charge is 2.28. The lowest BCUT2D eigenvalue weighted by atomic mass is 9.95. The summed E-state index contributed by atoms with van der Waals surface area (Å²) >= 11 is 1.58. The Hall–Kier alpha value is -1.88. The van der Waals surface area contributed by atoms with Gasteiger partial charge in [-0.1, -0.05) is 26.0 Å². The van der Waals surface area contributed by atoms with E-state index in [2.05, 4.69) is 18.8 Å². The van der Waals surface area contributed by atoms with E-state index in [0.29, 0.717) is 17.4 Å². The molecule has 2 heterocycles. The van der Waals surface area contributed by atoms with Crippen LogP contribution in [0, 0.1) is 0 Å². The number of carbonyl (C=O) groups is 1. The van der Waals surface area contributed by atoms with E-state index in [0.717, 1.165) is 37.2 Å². The molecule has 0 aliphatic carbocycles. The van der Waals surface area contributed by atoms with E-state index in [4.69, 9.17) is 0 Å². The molecule has 1 fully saturated rings. The van der Waals surface area contributed by atoms with Crippen LogP contribution in [0.3, 0.4) is 0 Å². The van der Waals surface area contributed by atoms with E-state index in [9.17, 15) is 9.90 Å². The summed E-state index contributed by atoms with van der Waals surface area (Å²) in [4.78, 5) is 19.5. The summed E-state index contributed by atoms with van der Waals surface area (Å²) < 4.78 is 0. The third-order valence-corrected chi connectivity index (χ3v) is 5.97. The smallest absolute Gasteiger partial charge is 0.273 e. The van der Waals surface area contributed by atoms with Crippen molar-refractivity contribution in [3.63, 3.8) is 0 Å². The average molecular weight is 359 g/mol. The predicted molar refractivity (Wildman–Crippen MR) is 101 cm³/mol. The van der Waals surface area contributed by atoms with E-state index in [-0.39, 0.29) is 11.9 Å². The molecular formula is C20H26N2O2S. The third-order valence-electron chi connectivity index (χ3n) is 4.83. The number of piperidine rings is 1. The molecule has 0 radical (unpaired) electrons. The van der Waals surface area contributed by atoms with Crippen LogP contribution >= 0.6 is 11.3 Å². The number of aryl methyl sites for hydroxylation is 1. The maximum absolute atomic E-state index is 12.9. The standard InChI is InChI=1S/C20H26N2O2S/c1-14(2)19-21-18(13-25-19)20(24)22-12-4-3-5-16(22)9-6-15-7-10-17(23)11-8-15/h7-8,10-11,13-14,16,23H,3-6,9,12H2,1-2H3/t16-/m1/s1. The summed E-state index contributed by atoms with van der Waals surface area (Å²) in [7, 11) is 0. The molecule has 5 heteroatoms. The molecule has 1 amide bonds. The molecule has 0 saturated carbocycles. The molecule has 0 spiro atoms. The van der Waals surface area contributed by atoms with Crippen molar-refractivity contribution in [3.05, 3.63) is 45.9 Å². The predicted octanol–water partition coefficient (Wildman–Crippen LogP) is 4.60. The molecule has 2 aromatic rings. The molecule has 1 aromatic heterocycles. The molecule has 134 valence electrons. The van der Waals surface area contributed by atoms with Crippen molar-refractivity contribution in [1.82, 2.24) is 9.88 Å². The number of aromatic hydroxyl groups is 1. The lowest BCUT2D eigenvalue weighted by Gasteiger charge is -2.35. The fourth-order valence-electron chi connectivity index (χ4n) is 3.36. The van der Waals surface area contributed by atoms with Gasteiger partial charge < -0.3 is 10.0 Å². The van der Waals surface area contributed by atoms with Gasteiger partial charge in [-0.25, -0.2) is 4.98 Å². The highest BCUT2D eigenvalue weighted by Crippen LogP contribution is 2.26. The minimum atomic E-state index is 0.0820. The Kier molecular flexibility index (Phi) is 5.74. The number of carbonyl (C=O) groups excluding carboxylic acids is 1. The molecule has 1 N–H and O–H groups in total. The first-order valence-electron chi connectivity index (χ1n) is 9.09. The Bertz CT molecular complexity index is 709. The van der Waals surface area contributed by atoms with Crippen molar-refractivity contribution in [1.29, 1.82) is 0 Å². The van der Waals surface area contributed by atoms with Gasteiger partial charge in [-0.15, -0.1) is 11.3 Å². The number of likely N-dealkylation sites (tertiary alicyclic amines) is 1. The number of thiazole rings is 1. The monoisotopic (exact) mass is 358 g/mol. The van der Waals surface area contributed by atoms with Crippen molar-refractivity contribution >= 4 is 17.2 Å². The number of benzene rings is 1. The average Bonchev–Trinajstić information content (AvgIpc) is 3.11. The zero-order chi connectivity index (χ0) is 17.8. The third kappa shape index (κ3) is 4.40. The minimum absolute atomic E-state index is 0.0820. The first-order chi connectivity index (χ1) is 12.0. The molecule has 25 heavy (non-hydrogen) atoms. The van der Waals surface area contributed by atoms with Crippen LogP contribution in [0.2, 0.25) is 0 Å². The van der Waals surface area contributed by atoms with Crippen LogP contribution in [0.1, 0.15) is 66.5 Å². The van der Waals surface area contributed by atoms with Gasteiger partial charge in [0.25, 0.3) is 5.91 Å². The Labute approximate surface area is 153 Å². The summed E-state index contributed by atoms with van der Waals surface area (Å²) in [5, 5.41) is 12.3. The molecule has 1 aliphatic rings. The molecule has 3 rings (SSSR count). The number of hydrogen-bond acceptors (Lipinski definition) is 4. The molecule has 4 nitrogen and oxygen atoms in total. The van der Waals surface area contributed by atoms with Crippen LogP contribution in [-0.4, -0.2) is 33.5 Å². The molecular weight excluding hydrogens is 332 g/mol. The summed E-state index contributed by atoms with van der Waals surface area (Å²) in [6.45, 7) is 5.04. The van der Waals surface area contributed by atoms with Crippen LogP contribution in [0.4, 0.5) is 0 Å². The van der Waals surface area contributed by atoms with Gasteiger partial charge in [0.2, 0.25) is 0 Å². The molecule has 0 bridgehead atoms. The molecule has 1 saturated heterocycles. The zero-order valence-corrected chi connectivity index (χ0v) is 15.8. The Morgan fingerprint density at radius 3 is 2.76 bits per heavy atom. The highest BCUT2D eigenvalue weighted by atomic mass is 32.1. The zero-order valence-electron chi connectivity index (χ0n) is 14.9. The maximum atomic E-state index is 12.9. The molecule has 1 aliphatic heterocycles. The Morgan fingerprint density at radius 1 is 1.32 bits per heavy atom. The SMILES string of the molecule is CC(C)c1nc(C(=O)N2CCCC[C@@H]2CCc2ccc(O)cc2)cs1. The summed E-state index contributed by atoms with van der Waals surface area (Å²) in [6.07, 6.45) is 5.19. The van der Waals surface area contributed by atoms with Crippen molar-refractivity contribution in [2.24, 2.45) is 0 Å². The number of hydrogen-bond donors (Lipinski definition) is 1. The van der Waals surface area contributed by atoms with E-state index >= 15 is 0 Å². The van der Waals surface area contributed by atoms with Gasteiger partial charge in [0, 0.05) is 23.9 Å². The Morgan fingerprint density at radius 2 is 2.08 bits per heavy atom. The van der Waals surface area contributed by atoms with E-state index in [1.54, 1.807) is 23.5 Å². The fourth-order valence-corrected chi connectivity index (χ4v) is 4.17. The number of nitrogens with zero attached hydrogens (tertiary/aromatic N) is 2. The summed E-state index contributed by atoms with van der Waals surface area (Å²) in [5.41, 5.74) is 1.80. The number of aromatic nitrogens is 1. The van der Waals surface area contributed by atoms with E-state index < -0.39 is 0 Å². The van der Waals surface area contributed by atoms with E-state index in [1.807, 2.05) is 22.4 Å². The Balaban J connectivity index is 1.67. The summed E-state index contributed by atoms with van der Waals surface area (Å²) in [5.74, 6) is 0.736. The van der Waals surface area contributed by atoms with Gasteiger partial charge in [-0.2, -0.15) is 0 Å². The van der Waals surface area contributed by atoms with Crippen molar-refractivity contribution in [2.75, 3.05) is 6.54 Å². The number of rotatable bonds is 5. The molecule has 1 aromatic carbocycles. The van der Waals surface area contributed by atoms with Gasteiger partial charge in [0.15, 0.2) is 0 Å². The second-order valence-electron chi connectivity index (χ2n) is 7.08. The van der Waals surface area contributed by atoms with Gasteiger partial charge in [0.1, 0.15) is 11.4 Å². The first-order valence-corrected chi connectivity index (χ1v) is 9.97. The van der Waals surface area contributed by atoms with Gasteiger partial charge in [-0.3, -0.25) is 4.79 Å².